The first-order valence-corrected chi connectivity index (χ1v) is 7.05. The van der Waals surface area contributed by atoms with Gasteiger partial charge in [-0.1, -0.05) is 12.1 Å². The van der Waals surface area contributed by atoms with Crippen LogP contribution in [0.4, 0.5) is 10.5 Å². The van der Waals surface area contributed by atoms with Crippen LogP contribution in [-0.2, 0) is 4.74 Å². The van der Waals surface area contributed by atoms with Crippen LogP contribution in [0, 0.1) is 10.1 Å². The van der Waals surface area contributed by atoms with Gasteiger partial charge in [0.1, 0.15) is 11.1 Å². The van der Waals surface area contributed by atoms with Gasteiger partial charge in [0.15, 0.2) is 5.65 Å². The Bertz CT molecular complexity index is 938. The largest absolute Gasteiger partial charge is 0.443 e. The molecule has 0 N–H and O–H groups in total. The van der Waals surface area contributed by atoms with Crippen molar-refractivity contribution in [3.05, 3.63) is 46.6 Å². The van der Waals surface area contributed by atoms with E-state index in [0.29, 0.717) is 16.4 Å². The molecule has 0 fully saturated rings. The highest BCUT2D eigenvalue weighted by Gasteiger charge is 2.27. The summed E-state index contributed by atoms with van der Waals surface area (Å²) in [5.41, 5.74) is -0.351. The van der Waals surface area contributed by atoms with Crippen molar-refractivity contribution in [2.24, 2.45) is 0 Å². The predicted molar refractivity (Wildman–Crippen MR) is 85.5 cm³/mol. The molecule has 0 unspecified atom stereocenters. The van der Waals surface area contributed by atoms with Gasteiger partial charge in [0.25, 0.3) is 5.69 Å². The Morgan fingerprint density at radius 1 is 1.22 bits per heavy atom. The van der Waals surface area contributed by atoms with Crippen LogP contribution < -0.4 is 0 Å². The number of nitro benzene ring substituents is 1. The molecule has 118 valence electrons. The van der Waals surface area contributed by atoms with Crippen LogP contribution in [0.15, 0.2) is 36.5 Å². The number of nitrogens with zero attached hydrogens (tertiary/aromatic N) is 3. The summed E-state index contributed by atoms with van der Waals surface area (Å²) < 4.78 is 6.57. The van der Waals surface area contributed by atoms with Gasteiger partial charge in [0.2, 0.25) is 0 Å². The van der Waals surface area contributed by atoms with Crippen LogP contribution >= 0.6 is 0 Å². The molecule has 7 nitrogen and oxygen atoms in total. The molecule has 0 aliphatic carbocycles. The SMILES string of the molecule is CC(C)(C)OC(=O)n1c2ncccc2c2cccc([N+](=O)[O-])c21. The number of non-ortho nitro benzene ring substituents is 1. The molecule has 0 saturated heterocycles. The van der Waals surface area contributed by atoms with E-state index in [4.69, 9.17) is 4.74 Å². The molecular formula is C16H15N3O4. The van der Waals surface area contributed by atoms with E-state index < -0.39 is 16.6 Å². The molecule has 23 heavy (non-hydrogen) atoms. The van der Waals surface area contributed by atoms with Gasteiger partial charge in [0, 0.05) is 23.0 Å². The summed E-state index contributed by atoms with van der Waals surface area (Å²) in [5, 5.41) is 12.6. The van der Waals surface area contributed by atoms with Crippen LogP contribution in [0.2, 0.25) is 0 Å². The first kappa shape index (κ1) is 15.0. The number of pyridine rings is 1. The van der Waals surface area contributed by atoms with Crippen molar-refractivity contribution in [3.8, 4) is 0 Å². The zero-order valence-electron chi connectivity index (χ0n) is 12.9. The number of aromatic nitrogens is 2. The number of para-hydroxylation sites is 1. The van der Waals surface area contributed by atoms with E-state index in [1.807, 2.05) is 0 Å². The first-order valence-electron chi connectivity index (χ1n) is 7.05. The summed E-state index contributed by atoms with van der Waals surface area (Å²) in [6.45, 7) is 5.21. The molecule has 2 aromatic heterocycles. The number of nitro groups is 1. The lowest BCUT2D eigenvalue weighted by atomic mass is 10.2. The van der Waals surface area contributed by atoms with Crippen LogP contribution in [0.5, 0.6) is 0 Å². The molecule has 3 aromatic rings. The monoisotopic (exact) mass is 313 g/mol. The van der Waals surface area contributed by atoms with Crippen molar-refractivity contribution in [1.82, 2.24) is 9.55 Å². The third-order valence-corrected chi connectivity index (χ3v) is 3.30. The number of hydrogen-bond acceptors (Lipinski definition) is 5. The maximum absolute atomic E-state index is 12.6. The molecule has 0 saturated carbocycles. The smallest absolute Gasteiger partial charge is 0.420 e. The molecule has 2 heterocycles. The van der Waals surface area contributed by atoms with E-state index in [0.717, 1.165) is 0 Å². The van der Waals surface area contributed by atoms with Gasteiger partial charge < -0.3 is 4.74 Å². The molecule has 3 rings (SSSR count). The standard InChI is InChI=1S/C16H15N3O4/c1-16(2,3)23-15(20)18-13-10(6-4-8-12(13)19(21)22)11-7-5-9-17-14(11)18/h4-9H,1-3H3. The maximum Gasteiger partial charge on any atom is 0.420 e. The number of carbonyl (C=O) groups excluding carboxylic acids is 1. The Labute approximate surface area is 131 Å². The predicted octanol–water partition coefficient (Wildman–Crippen LogP) is 3.88. The van der Waals surface area contributed by atoms with Crippen LogP contribution in [0.3, 0.4) is 0 Å². The maximum atomic E-state index is 12.6. The number of fused-ring (bicyclic) bond motifs is 3. The number of benzene rings is 1. The second kappa shape index (κ2) is 5.05. The Kier molecular flexibility index (Phi) is 3.28. The van der Waals surface area contributed by atoms with E-state index in [1.165, 1.54) is 16.8 Å². The quantitative estimate of drug-likeness (QED) is 0.502. The lowest BCUT2D eigenvalue weighted by Crippen LogP contribution is -2.27. The van der Waals surface area contributed by atoms with Gasteiger partial charge in [-0.25, -0.2) is 14.3 Å². The summed E-state index contributed by atoms with van der Waals surface area (Å²) in [7, 11) is 0. The summed E-state index contributed by atoms with van der Waals surface area (Å²) in [6, 6.07) is 8.18. The topological polar surface area (TPSA) is 87.3 Å². The minimum Gasteiger partial charge on any atom is -0.443 e. The second-order valence-electron chi connectivity index (χ2n) is 6.12. The van der Waals surface area contributed by atoms with Gasteiger partial charge in [0.05, 0.1) is 4.92 Å². The van der Waals surface area contributed by atoms with E-state index in [2.05, 4.69) is 4.98 Å². The van der Waals surface area contributed by atoms with Crippen molar-refractivity contribution in [1.29, 1.82) is 0 Å². The lowest BCUT2D eigenvalue weighted by Gasteiger charge is -2.19. The van der Waals surface area contributed by atoms with E-state index >= 15 is 0 Å². The number of carbonyl (C=O) groups is 1. The van der Waals surface area contributed by atoms with Crippen LogP contribution in [0.1, 0.15) is 20.8 Å². The highest BCUT2D eigenvalue weighted by molar-refractivity contribution is 6.13. The molecule has 0 radical (unpaired) electrons. The summed E-state index contributed by atoms with van der Waals surface area (Å²) in [6.07, 6.45) is 0.846. The van der Waals surface area contributed by atoms with E-state index in [1.54, 1.807) is 45.0 Å². The van der Waals surface area contributed by atoms with Crippen LogP contribution in [0.25, 0.3) is 21.9 Å². The van der Waals surface area contributed by atoms with Crippen molar-refractivity contribution in [2.75, 3.05) is 0 Å². The average molecular weight is 313 g/mol. The zero-order chi connectivity index (χ0) is 16.8. The molecule has 0 bridgehead atoms. The number of hydrogen-bond donors (Lipinski definition) is 0. The fourth-order valence-corrected chi connectivity index (χ4v) is 2.51. The summed E-state index contributed by atoms with van der Waals surface area (Å²) in [4.78, 5) is 27.7. The molecule has 0 aliphatic rings. The lowest BCUT2D eigenvalue weighted by molar-refractivity contribution is -0.383. The molecule has 1 aromatic carbocycles. The second-order valence-corrected chi connectivity index (χ2v) is 6.12. The fraction of sp³-hybridized carbons (Fsp3) is 0.250. The van der Waals surface area contributed by atoms with Crippen molar-refractivity contribution < 1.29 is 14.5 Å². The zero-order valence-corrected chi connectivity index (χ0v) is 12.9. The Balaban J connectivity index is 2.41. The van der Waals surface area contributed by atoms with Gasteiger partial charge in [-0.15, -0.1) is 0 Å². The van der Waals surface area contributed by atoms with Crippen molar-refractivity contribution in [3.63, 3.8) is 0 Å². The molecular weight excluding hydrogens is 298 g/mol. The third-order valence-electron chi connectivity index (χ3n) is 3.30. The van der Waals surface area contributed by atoms with Crippen molar-refractivity contribution in [2.45, 2.75) is 26.4 Å². The van der Waals surface area contributed by atoms with Crippen LogP contribution in [-0.4, -0.2) is 26.2 Å². The van der Waals surface area contributed by atoms with Gasteiger partial charge in [-0.3, -0.25) is 10.1 Å². The third kappa shape index (κ3) is 2.50. The molecule has 0 aliphatic heterocycles. The molecule has 0 spiro atoms. The highest BCUT2D eigenvalue weighted by Crippen LogP contribution is 2.34. The minimum atomic E-state index is -0.724. The number of ether oxygens (including phenoxy) is 1. The van der Waals surface area contributed by atoms with E-state index in [-0.39, 0.29) is 11.2 Å². The summed E-state index contributed by atoms with van der Waals surface area (Å²) >= 11 is 0. The minimum absolute atomic E-state index is 0.161. The summed E-state index contributed by atoms with van der Waals surface area (Å²) in [5.74, 6) is 0. The molecule has 0 amide bonds. The normalized spacial score (nSPS) is 11.8. The van der Waals surface area contributed by atoms with E-state index in [9.17, 15) is 14.9 Å². The highest BCUT2D eigenvalue weighted by atomic mass is 16.6. The molecule has 0 atom stereocenters. The van der Waals surface area contributed by atoms with Gasteiger partial charge >= 0.3 is 6.09 Å². The first-order chi connectivity index (χ1) is 10.8. The average Bonchev–Trinajstić information content (AvgIpc) is 2.79. The molecule has 7 heteroatoms. The Morgan fingerprint density at radius 2 is 1.91 bits per heavy atom. The Morgan fingerprint density at radius 3 is 2.57 bits per heavy atom. The fourth-order valence-electron chi connectivity index (χ4n) is 2.51. The van der Waals surface area contributed by atoms with Gasteiger partial charge in [-0.2, -0.15) is 0 Å². The number of rotatable bonds is 1. The Hall–Kier alpha value is -2.96. The van der Waals surface area contributed by atoms with Gasteiger partial charge in [-0.05, 0) is 32.9 Å². The van der Waals surface area contributed by atoms with Crippen molar-refractivity contribution >= 4 is 33.7 Å².